The first-order valence-electron chi connectivity index (χ1n) is 8.66. The molecule has 5 nitrogen and oxygen atoms in total. The molecular formula is C19H21N3O2S. The molecular weight excluding hydrogens is 334 g/mol. The third kappa shape index (κ3) is 2.80. The highest BCUT2D eigenvalue weighted by molar-refractivity contribution is 7.92. The maximum Gasteiger partial charge on any atom is 0.264 e. The minimum Gasteiger partial charge on any atom is -0.278 e. The molecule has 130 valence electrons. The Labute approximate surface area is 147 Å². The van der Waals surface area contributed by atoms with Gasteiger partial charge in [0.1, 0.15) is 0 Å². The van der Waals surface area contributed by atoms with Crippen molar-refractivity contribution in [3.63, 3.8) is 0 Å². The van der Waals surface area contributed by atoms with Crippen molar-refractivity contribution < 1.29 is 8.42 Å². The van der Waals surface area contributed by atoms with E-state index >= 15 is 0 Å². The number of sulfonamides is 1. The molecule has 0 bridgehead atoms. The van der Waals surface area contributed by atoms with E-state index in [-0.39, 0.29) is 6.04 Å². The Morgan fingerprint density at radius 2 is 1.92 bits per heavy atom. The first kappa shape index (κ1) is 16.1. The van der Waals surface area contributed by atoms with Crippen molar-refractivity contribution in [2.24, 2.45) is 0 Å². The number of aryl methyl sites for hydroxylation is 1. The van der Waals surface area contributed by atoms with Crippen LogP contribution in [0.1, 0.15) is 31.7 Å². The number of benzene rings is 2. The molecule has 0 aliphatic heterocycles. The van der Waals surface area contributed by atoms with E-state index < -0.39 is 10.0 Å². The number of fused-ring (bicyclic) bond motifs is 1. The van der Waals surface area contributed by atoms with Crippen molar-refractivity contribution in [1.82, 2.24) is 10.2 Å². The van der Waals surface area contributed by atoms with Crippen molar-refractivity contribution in [2.75, 3.05) is 4.31 Å². The summed E-state index contributed by atoms with van der Waals surface area (Å²) in [6, 6.07) is 13.0. The molecule has 6 heteroatoms. The van der Waals surface area contributed by atoms with Gasteiger partial charge in [-0.1, -0.05) is 19.1 Å². The average molecular weight is 355 g/mol. The molecule has 1 aliphatic rings. The molecule has 1 fully saturated rings. The van der Waals surface area contributed by atoms with Crippen molar-refractivity contribution in [2.45, 2.75) is 43.5 Å². The Morgan fingerprint density at radius 1 is 1.16 bits per heavy atom. The van der Waals surface area contributed by atoms with E-state index in [9.17, 15) is 8.42 Å². The summed E-state index contributed by atoms with van der Waals surface area (Å²) in [7, 11) is -3.61. The molecule has 25 heavy (non-hydrogen) atoms. The molecule has 3 aromatic rings. The molecule has 0 radical (unpaired) electrons. The molecule has 0 amide bonds. The standard InChI is InChI=1S/C19H21N3O2S/c1-2-14-6-8-17(9-7-14)22(16-4-3-5-16)25(23,24)18-10-11-19-15(12-18)13-20-21-19/h6-13,16H,2-5H2,1H3,(H,20,21). The molecule has 1 heterocycles. The number of H-pyrrole nitrogens is 1. The smallest absolute Gasteiger partial charge is 0.264 e. The Balaban J connectivity index is 1.79. The van der Waals surface area contributed by atoms with Gasteiger partial charge in [0.05, 0.1) is 22.3 Å². The highest BCUT2D eigenvalue weighted by atomic mass is 32.2. The first-order chi connectivity index (χ1) is 12.1. The normalized spacial score (nSPS) is 15.2. The van der Waals surface area contributed by atoms with Crippen LogP contribution in [0, 0.1) is 0 Å². The zero-order valence-electron chi connectivity index (χ0n) is 14.1. The van der Waals surface area contributed by atoms with Gasteiger partial charge in [0.15, 0.2) is 0 Å². The third-order valence-electron chi connectivity index (χ3n) is 4.97. The molecule has 2 aromatic carbocycles. The van der Waals surface area contributed by atoms with Crippen LogP contribution in [0.25, 0.3) is 10.9 Å². The number of rotatable bonds is 5. The summed E-state index contributed by atoms with van der Waals surface area (Å²) in [4.78, 5) is 0.313. The Bertz CT molecular complexity index is 989. The van der Waals surface area contributed by atoms with Gasteiger partial charge in [-0.25, -0.2) is 8.42 Å². The SMILES string of the molecule is CCc1ccc(N(C2CCC2)S(=O)(=O)c2ccc3[nH]ncc3c2)cc1. The predicted molar refractivity (Wildman–Crippen MR) is 99.2 cm³/mol. The van der Waals surface area contributed by atoms with Crippen molar-refractivity contribution >= 4 is 26.6 Å². The summed E-state index contributed by atoms with van der Waals surface area (Å²) in [5, 5.41) is 7.64. The van der Waals surface area contributed by atoms with Crippen molar-refractivity contribution in [1.29, 1.82) is 0 Å². The van der Waals surface area contributed by atoms with Crippen LogP contribution < -0.4 is 4.31 Å². The summed E-state index contributed by atoms with van der Waals surface area (Å²) in [6.07, 6.45) is 5.47. The van der Waals surface area contributed by atoms with E-state index in [1.54, 1.807) is 28.7 Å². The molecule has 1 aromatic heterocycles. The van der Waals surface area contributed by atoms with E-state index in [0.717, 1.165) is 42.3 Å². The van der Waals surface area contributed by atoms with E-state index in [2.05, 4.69) is 17.1 Å². The lowest BCUT2D eigenvalue weighted by atomic mass is 9.93. The summed E-state index contributed by atoms with van der Waals surface area (Å²) in [5.74, 6) is 0. The third-order valence-corrected chi connectivity index (χ3v) is 6.85. The molecule has 1 N–H and O–H groups in total. The van der Waals surface area contributed by atoms with Gasteiger partial charge in [0, 0.05) is 11.4 Å². The number of nitrogens with zero attached hydrogens (tertiary/aromatic N) is 2. The van der Waals surface area contributed by atoms with Gasteiger partial charge in [-0.05, 0) is 61.6 Å². The van der Waals surface area contributed by atoms with E-state index in [0.29, 0.717) is 4.90 Å². The second-order valence-corrected chi connectivity index (χ2v) is 8.34. The Kier molecular flexibility index (Phi) is 4.00. The lowest BCUT2D eigenvalue weighted by molar-refractivity contribution is 0.415. The second kappa shape index (κ2) is 6.19. The molecule has 0 spiro atoms. The highest BCUT2D eigenvalue weighted by Gasteiger charge is 2.35. The predicted octanol–water partition coefficient (Wildman–Crippen LogP) is 3.87. The maximum atomic E-state index is 13.4. The topological polar surface area (TPSA) is 66.1 Å². The van der Waals surface area contributed by atoms with E-state index in [1.807, 2.05) is 24.3 Å². The highest BCUT2D eigenvalue weighted by Crippen LogP contribution is 2.35. The lowest BCUT2D eigenvalue weighted by Gasteiger charge is -2.38. The fourth-order valence-corrected chi connectivity index (χ4v) is 4.99. The first-order valence-corrected chi connectivity index (χ1v) is 10.1. The average Bonchev–Trinajstić information content (AvgIpc) is 3.05. The summed E-state index contributed by atoms with van der Waals surface area (Å²) in [6.45, 7) is 2.09. The fourth-order valence-electron chi connectivity index (χ4n) is 3.24. The van der Waals surface area contributed by atoms with Crippen molar-refractivity contribution in [3.05, 3.63) is 54.2 Å². The molecule has 1 aliphatic carbocycles. The van der Waals surface area contributed by atoms with Gasteiger partial charge < -0.3 is 0 Å². The zero-order chi connectivity index (χ0) is 17.4. The molecule has 4 rings (SSSR count). The Morgan fingerprint density at radius 3 is 2.56 bits per heavy atom. The molecule has 0 saturated heterocycles. The monoisotopic (exact) mass is 355 g/mol. The van der Waals surface area contributed by atoms with Crippen LogP contribution in [0.15, 0.2) is 53.6 Å². The number of anilines is 1. The van der Waals surface area contributed by atoms with E-state index in [1.165, 1.54) is 5.56 Å². The maximum absolute atomic E-state index is 13.4. The zero-order valence-corrected chi connectivity index (χ0v) is 15.0. The van der Waals surface area contributed by atoms with Crippen LogP contribution in [0.2, 0.25) is 0 Å². The summed E-state index contributed by atoms with van der Waals surface area (Å²) in [5.41, 5.74) is 2.78. The van der Waals surface area contributed by atoms with Gasteiger partial charge in [0.25, 0.3) is 10.0 Å². The van der Waals surface area contributed by atoms with Crippen LogP contribution in [0.4, 0.5) is 5.69 Å². The van der Waals surface area contributed by atoms with Gasteiger partial charge >= 0.3 is 0 Å². The largest absolute Gasteiger partial charge is 0.278 e. The number of aromatic amines is 1. The second-order valence-electron chi connectivity index (χ2n) is 6.52. The van der Waals surface area contributed by atoms with Crippen LogP contribution in [0.3, 0.4) is 0 Å². The summed E-state index contributed by atoms with van der Waals surface area (Å²) < 4.78 is 28.4. The van der Waals surface area contributed by atoms with Gasteiger partial charge in [-0.2, -0.15) is 5.10 Å². The van der Waals surface area contributed by atoms with Gasteiger partial charge in [-0.15, -0.1) is 0 Å². The number of hydrogen-bond acceptors (Lipinski definition) is 3. The fraction of sp³-hybridized carbons (Fsp3) is 0.316. The minimum absolute atomic E-state index is 0.0394. The summed E-state index contributed by atoms with van der Waals surface area (Å²) >= 11 is 0. The van der Waals surface area contributed by atoms with Crippen LogP contribution >= 0.6 is 0 Å². The lowest BCUT2D eigenvalue weighted by Crippen LogP contribution is -2.44. The molecule has 1 saturated carbocycles. The number of aromatic nitrogens is 2. The van der Waals surface area contributed by atoms with Gasteiger partial charge in [-0.3, -0.25) is 9.40 Å². The van der Waals surface area contributed by atoms with Crippen molar-refractivity contribution in [3.8, 4) is 0 Å². The van der Waals surface area contributed by atoms with Crippen LogP contribution in [-0.2, 0) is 16.4 Å². The molecule has 0 atom stereocenters. The number of hydrogen-bond donors (Lipinski definition) is 1. The molecule has 0 unspecified atom stereocenters. The van der Waals surface area contributed by atoms with Crippen LogP contribution in [-0.4, -0.2) is 24.7 Å². The number of nitrogens with one attached hydrogen (secondary N) is 1. The quantitative estimate of drug-likeness (QED) is 0.755. The van der Waals surface area contributed by atoms with E-state index in [4.69, 9.17) is 0 Å². The van der Waals surface area contributed by atoms with Crippen LogP contribution in [0.5, 0.6) is 0 Å². The Hall–Kier alpha value is -2.34. The van der Waals surface area contributed by atoms with Gasteiger partial charge in [0.2, 0.25) is 0 Å². The minimum atomic E-state index is -3.61.